The Morgan fingerprint density at radius 1 is 1.27 bits per heavy atom. The van der Waals surface area contributed by atoms with E-state index in [1.54, 1.807) is 0 Å². The lowest BCUT2D eigenvalue weighted by molar-refractivity contribution is -0.132. The van der Waals surface area contributed by atoms with Crippen LogP contribution in [0.15, 0.2) is 28.8 Å². The van der Waals surface area contributed by atoms with E-state index in [1.165, 1.54) is 5.56 Å². The van der Waals surface area contributed by atoms with Crippen LogP contribution in [-0.2, 0) is 11.2 Å². The molecule has 1 aromatic heterocycles. The molecule has 1 saturated heterocycles. The van der Waals surface area contributed by atoms with Gasteiger partial charge in [0.1, 0.15) is 0 Å². The highest BCUT2D eigenvalue weighted by Gasteiger charge is 2.22. The summed E-state index contributed by atoms with van der Waals surface area (Å²) in [6.07, 6.45) is 2.90. The molecule has 6 heteroatoms. The van der Waals surface area contributed by atoms with Crippen LogP contribution in [-0.4, -0.2) is 47.1 Å². The van der Waals surface area contributed by atoms with Gasteiger partial charge in [-0.15, -0.1) is 0 Å². The first-order valence-corrected chi connectivity index (χ1v) is 9.44. The van der Waals surface area contributed by atoms with Crippen molar-refractivity contribution in [1.29, 1.82) is 0 Å². The summed E-state index contributed by atoms with van der Waals surface area (Å²) in [5.74, 6) is 1.72. The zero-order valence-corrected chi connectivity index (χ0v) is 15.9. The van der Waals surface area contributed by atoms with Gasteiger partial charge in [-0.3, -0.25) is 4.79 Å². The largest absolute Gasteiger partial charge is 0.343 e. The lowest BCUT2D eigenvalue weighted by atomic mass is 10.0. The summed E-state index contributed by atoms with van der Waals surface area (Å²) in [6.45, 7) is 6.29. The van der Waals surface area contributed by atoms with Crippen molar-refractivity contribution in [3.8, 4) is 11.4 Å². The monoisotopic (exact) mass is 356 g/mol. The first kappa shape index (κ1) is 18.6. The second kappa shape index (κ2) is 8.45. The van der Waals surface area contributed by atoms with Gasteiger partial charge in [0.25, 0.3) is 0 Å². The molecule has 0 atom stereocenters. The minimum atomic E-state index is 0.137. The molecule has 1 fully saturated rings. The molecule has 0 aliphatic carbocycles. The summed E-state index contributed by atoms with van der Waals surface area (Å²) < 4.78 is 5.33. The predicted octanol–water partition coefficient (Wildman–Crippen LogP) is 3.00. The minimum absolute atomic E-state index is 0.137. The number of piperidine rings is 1. The molecule has 1 aromatic carbocycles. The third-order valence-electron chi connectivity index (χ3n) is 5.11. The topological polar surface area (TPSA) is 71.3 Å². The zero-order valence-electron chi connectivity index (χ0n) is 15.9. The third kappa shape index (κ3) is 4.49. The van der Waals surface area contributed by atoms with Gasteiger partial charge in [0, 0.05) is 31.5 Å². The van der Waals surface area contributed by atoms with Crippen LogP contribution >= 0.6 is 0 Å². The average Bonchev–Trinajstić information content (AvgIpc) is 3.15. The first-order valence-electron chi connectivity index (χ1n) is 9.44. The molecule has 0 bridgehead atoms. The summed E-state index contributed by atoms with van der Waals surface area (Å²) in [7, 11) is 1.90. The minimum Gasteiger partial charge on any atom is -0.343 e. The number of nitrogens with zero attached hydrogens (tertiary/aromatic N) is 3. The average molecular weight is 356 g/mol. The van der Waals surface area contributed by atoms with Crippen LogP contribution in [0.2, 0.25) is 0 Å². The van der Waals surface area contributed by atoms with Crippen molar-refractivity contribution < 1.29 is 9.32 Å². The van der Waals surface area contributed by atoms with Gasteiger partial charge < -0.3 is 14.7 Å². The highest BCUT2D eigenvalue weighted by atomic mass is 16.5. The van der Waals surface area contributed by atoms with Crippen molar-refractivity contribution in [2.45, 2.75) is 51.5 Å². The number of hydrogen-bond donors (Lipinski definition) is 1. The number of benzene rings is 1. The molecule has 6 nitrogen and oxygen atoms in total. The highest BCUT2D eigenvalue weighted by molar-refractivity contribution is 5.76. The van der Waals surface area contributed by atoms with Crippen LogP contribution in [0, 0.1) is 0 Å². The Kier molecular flexibility index (Phi) is 6.04. The quantitative estimate of drug-likeness (QED) is 0.861. The number of hydrogen-bond acceptors (Lipinski definition) is 5. The Hall–Kier alpha value is -2.21. The molecule has 0 saturated carbocycles. The maximum Gasteiger partial charge on any atom is 0.227 e. The molecule has 26 heavy (non-hydrogen) atoms. The highest BCUT2D eigenvalue weighted by Crippen LogP contribution is 2.21. The van der Waals surface area contributed by atoms with Gasteiger partial charge in [0.2, 0.25) is 17.6 Å². The van der Waals surface area contributed by atoms with Crippen LogP contribution in [0.4, 0.5) is 0 Å². The molecule has 3 rings (SSSR count). The Morgan fingerprint density at radius 2 is 1.96 bits per heavy atom. The summed E-state index contributed by atoms with van der Waals surface area (Å²) in [4.78, 5) is 18.7. The molecule has 1 aliphatic heterocycles. The summed E-state index contributed by atoms with van der Waals surface area (Å²) in [6, 6.07) is 8.54. The van der Waals surface area contributed by atoms with Crippen molar-refractivity contribution in [3.05, 3.63) is 35.7 Å². The second-order valence-corrected chi connectivity index (χ2v) is 7.27. The molecule has 1 N–H and O–H groups in total. The van der Waals surface area contributed by atoms with Crippen LogP contribution in [0.5, 0.6) is 0 Å². The Morgan fingerprint density at radius 3 is 2.62 bits per heavy atom. The predicted molar refractivity (Wildman–Crippen MR) is 101 cm³/mol. The van der Waals surface area contributed by atoms with E-state index in [2.05, 4.69) is 41.4 Å². The van der Waals surface area contributed by atoms with Crippen LogP contribution in [0.3, 0.4) is 0 Å². The number of aryl methyl sites for hydroxylation is 1. The summed E-state index contributed by atoms with van der Waals surface area (Å²) in [5, 5.41) is 7.38. The Bertz CT molecular complexity index is 718. The van der Waals surface area contributed by atoms with Crippen molar-refractivity contribution >= 4 is 5.91 Å². The van der Waals surface area contributed by atoms with E-state index in [0.717, 1.165) is 31.5 Å². The van der Waals surface area contributed by atoms with E-state index in [9.17, 15) is 4.79 Å². The third-order valence-corrected chi connectivity index (χ3v) is 5.11. The SMILES string of the molecule is CC(C)c1ccc(-c2noc(CCC(=O)N(C)C3CCNCC3)n2)cc1. The van der Waals surface area contributed by atoms with E-state index in [-0.39, 0.29) is 5.91 Å². The molecular formula is C20H28N4O2. The summed E-state index contributed by atoms with van der Waals surface area (Å²) in [5.41, 5.74) is 2.21. The lowest BCUT2D eigenvalue weighted by Crippen LogP contribution is -2.44. The second-order valence-electron chi connectivity index (χ2n) is 7.27. The van der Waals surface area contributed by atoms with Crippen molar-refractivity contribution in [2.24, 2.45) is 0 Å². The van der Waals surface area contributed by atoms with E-state index < -0.39 is 0 Å². The van der Waals surface area contributed by atoms with E-state index in [0.29, 0.717) is 36.5 Å². The number of carbonyl (C=O) groups excluding carboxylic acids is 1. The first-order chi connectivity index (χ1) is 12.5. The van der Waals surface area contributed by atoms with Crippen molar-refractivity contribution in [1.82, 2.24) is 20.4 Å². The van der Waals surface area contributed by atoms with E-state index >= 15 is 0 Å². The van der Waals surface area contributed by atoms with Crippen LogP contribution in [0.1, 0.15) is 50.5 Å². The molecule has 0 radical (unpaired) electrons. The molecule has 0 spiro atoms. The number of amides is 1. The molecule has 1 amide bonds. The fourth-order valence-corrected chi connectivity index (χ4v) is 3.28. The fraction of sp³-hybridized carbons (Fsp3) is 0.550. The van der Waals surface area contributed by atoms with E-state index in [1.807, 2.05) is 24.1 Å². The molecular weight excluding hydrogens is 328 g/mol. The molecule has 2 aromatic rings. The molecule has 1 aliphatic rings. The fourth-order valence-electron chi connectivity index (χ4n) is 3.28. The lowest BCUT2D eigenvalue weighted by Gasteiger charge is -2.31. The Labute approximate surface area is 155 Å². The Balaban J connectivity index is 1.55. The standard InChI is InChI=1S/C20H28N4O2/c1-14(2)15-4-6-16(7-5-15)20-22-18(26-23-20)8-9-19(25)24(3)17-10-12-21-13-11-17/h4-7,14,17,21H,8-13H2,1-3H3. The smallest absolute Gasteiger partial charge is 0.227 e. The normalized spacial score (nSPS) is 15.4. The van der Waals surface area contributed by atoms with Gasteiger partial charge in [0.15, 0.2) is 0 Å². The number of aromatic nitrogens is 2. The number of carbonyl (C=O) groups is 1. The van der Waals surface area contributed by atoms with Gasteiger partial charge in [-0.25, -0.2) is 0 Å². The van der Waals surface area contributed by atoms with Crippen molar-refractivity contribution in [2.75, 3.05) is 20.1 Å². The van der Waals surface area contributed by atoms with Crippen LogP contribution < -0.4 is 5.32 Å². The number of nitrogens with one attached hydrogen (secondary N) is 1. The van der Waals surface area contributed by atoms with E-state index in [4.69, 9.17) is 4.52 Å². The van der Waals surface area contributed by atoms with Gasteiger partial charge >= 0.3 is 0 Å². The maximum absolute atomic E-state index is 12.4. The number of rotatable bonds is 6. The molecule has 0 unspecified atom stereocenters. The van der Waals surface area contributed by atoms with Gasteiger partial charge in [-0.05, 0) is 37.4 Å². The van der Waals surface area contributed by atoms with Gasteiger partial charge in [-0.1, -0.05) is 43.3 Å². The molecule has 140 valence electrons. The zero-order chi connectivity index (χ0) is 18.5. The van der Waals surface area contributed by atoms with Crippen molar-refractivity contribution in [3.63, 3.8) is 0 Å². The molecule has 2 heterocycles. The maximum atomic E-state index is 12.4. The van der Waals surface area contributed by atoms with Crippen LogP contribution in [0.25, 0.3) is 11.4 Å². The van der Waals surface area contributed by atoms with Gasteiger partial charge in [0.05, 0.1) is 0 Å². The summed E-state index contributed by atoms with van der Waals surface area (Å²) >= 11 is 0. The van der Waals surface area contributed by atoms with Gasteiger partial charge in [-0.2, -0.15) is 4.98 Å².